The maximum Gasteiger partial charge on any atom is 0.326 e. The molecule has 0 aromatic heterocycles. The minimum atomic E-state index is -1.04. The summed E-state index contributed by atoms with van der Waals surface area (Å²) in [5, 5.41) is 11.6. The first-order valence-electron chi connectivity index (χ1n) is 6.17. The van der Waals surface area contributed by atoms with Crippen molar-refractivity contribution in [3.8, 4) is 0 Å². The SMILES string of the molecule is CC(C)(C)[C@@H](NC(=O)/C=C/c1ccccc1Br)C(=O)O. The lowest BCUT2D eigenvalue weighted by Crippen LogP contribution is -2.48. The molecular weight excluding hydrogens is 322 g/mol. The number of amides is 1. The number of hydrogen-bond acceptors (Lipinski definition) is 2. The van der Waals surface area contributed by atoms with E-state index < -0.39 is 23.3 Å². The maximum atomic E-state index is 11.8. The number of carboxylic acids is 1. The molecule has 1 atom stereocenters. The number of carbonyl (C=O) groups is 2. The van der Waals surface area contributed by atoms with Crippen molar-refractivity contribution >= 4 is 33.9 Å². The highest BCUT2D eigenvalue weighted by atomic mass is 79.9. The van der Waals surface area contributed by atoms with Crippen molar-refractivity contribution in [1.82, 2.24) is 5.32 Å². The van der Waals surface area contributed by atoms with Crippen LogP contribution in [0.2, 0.25) is 0 Å². The third-order valence-electron chi connectivity index (χ3n) is 2.72. The molecule has 0 saturated heterocycles. The Kier molecular flexibility index (Phi) is 5.51. The number of nitrogens with one attached hydrogen (secondary N) is 1. The Balaban J connectivity index is 2.77. The molecule has 0 aliphatic heterocycles. The first kappa shape index (κ1) is 16.4. The zero-order chi connectivity index (χ0) is 15.3. The van der Waals surface area contributed by atoms with Crippen LogP contribution in [0.5, 0.6) is 0 Å². The van der Waals surface area contributed by atoms with Crippen LogP contribution in [-0.2, 0) is 9.59 Å². The molecule has 1 aromatic carbocycles. The lowest BCUT2D eigenvalue weighted by molar-refractivity contribution is -0.144. The first-order valence-corrected chi connectivity index (χ1v) is 6.97. The fourth-order valence-electron chi connectivity index (χ4n) is 1.61. The third-order valence-corrected chi connectivity index (χ3v) is 3.44. The van der Waals surface area contributed by atoms with Gasteiger partial charge in [0.2, 0.25) is 5.91 Å². The molecule has 4 nitrogen and oxygen atoms in total. The van der Waals surface area contributed by atoms with E-state index in [4.69, 9.17) is 5.11 Å². The number of hydrogen-bond donors (Lipinski definition) is 2. The van der Waals surface area contributed by atoms with E-state index in [0.717, 1.165) is 10.0 Å². The molecule has 108 valence electrons. The van der Waals surface area contributed by atoms with Gasteiger partial charge >= 0.3 is 5.97 Å². The molecule has 0 aliphatic carbocycles. The average molecular weight is 340 g/mol. The number of aliphatic carboxylic acids is 1. The molecule has 1 aromatic rings. The summed E-state index contributed by atoms with van der Waals surface area (Å²) >= 11 is 3.38. The summed E-state index contributed by atoms with van der Waals surface area (Å²) < 4.78 is 0.870. The van der Waals surface area contributed by atoms with Gasteiger partial charge in [0.25, 0.3) is 0 Å². The van der Waals surface area contributed by atoms with Gasteiger partial charge in [0.05, 0.1) is 0 Å². The van der Waals surface area contributed by atoms with Gasteiger partial charge in [-0.2, -0.15) is 0 Å². The second-order valence-electron chi connectivity index (χ2n) is 5.50. The Bertz CT molecular complexity index is 532. The zero-order valence-electron chi connectivity index (χ0n) is 11.7. The molecule has 0 aliphatic rings. The number of halogens is 1. The van der Waals surface area contributed by atoms with Crippen molar-refractivity contribution in [3.63, 3.8) is 0 Å². The predicted octanol–water partition coefficient (Wildman–Crippen LogP) is 3.08. The predicted molar refractivity (Wildman–Crippen MR) is 82.2 cm³/mol. The normalized spacial score (nSPS) is 13.2. The standard InChI is InChI=1S/C15H18BrNO3/c1-15(2,3)13(14(19)20)17-12(18)9-8-10-6-4-5-7-11(10)16/h4-9,13H,1-3H3,(H,17,18)(H,19,20)/b9-8+/t13-/m0/s1. The fourth-order valence-corrected chi connectivity index (χ4v) is 2.03. The molecule has 20 heavy (non-hydrogen) atoms. The molecule has 0 radical (unpaired) electrons. The summed E-state index contributed by atoms with van der Waals surface area (Å²) in [4.78, 5) is 23.0. The highest BCUT2D eigenvalue weighted by molar-refractivity contribution is 9.10. The van der Waals surface area contributed by atoms with Gasteiger partial charge in [0.15, 0.2) is 0 Å². The van der Waals surface area contributed by atoms with E-state index >= 15 is 0 Å². The van der Waals surface area contributed by atoms with Gasteiger partial charge < -0.3 is 10.4 Å². The maximum absolute atomic E-state index is 11.8. The van der Waals surface area contributed by atoms with Crippen LogP contribution in [0.4, 0.5) is 0 Å². The van der Waals surface area contributed by atoms with Crippen molar-refractivity contribution in [3.05, 3.63) is 40.4 Å². The topological polar surface area (TPSA) is 66.4 Å². The van der Waals surface area contributed by atoms with Crippen LogP contribution in [0.3, 0.4) is 0 Å². The molecule has 1 amide bonds. The molecule has 2 N–H and O–H groups in total. The van der Waals surface area contributed by atoms with E-state index in [0.29, 0.717) is 0 Å². The molecule has 0 spiro atoms. The highest BCUT2D eigenvalue weighted by Gasteiger charge is 2.31. The van der Waals surface area contributed by atoms with Crippen LogP contribution in [0, 0.1) is 5.41 Å². The Morgan fingerprint density at radius 3 is 2.40 bits per heavy atom. The van der Waals surface area contributed by atoms with Gasteiger partial charge in [-0.3, -0.25) is 4.79 Å². The molecule has 0 unspecified atom stereocenters. The molecule has 0 heterocycles. The number of carboxylic acid groups (broad SMARTS) is 1. The summed E-state index contributed by atoms with van der Waals surface area (Å²) in [6.45, 7) is 5.30. The molecule has 0 fully saturated rings. The smallest absolute Gasteiger partial charge is 0.326 e. The fraction of sp³-hybridized carbons (Fsp3) is 0.333. The van der Waals surface area contributed by atoms with E-state index in [-0.39, 0.29) is 0 Å². The second kappa shape index (κ2) is 6.70. The largest absolute Gasteiger partial charge is 0.480 e. The van der Waals surface area contributed by atoms with E-state index in [1.54, 1.807) is 26.8 Å². The van der Waals surface area contributed by atoms with Crippen molar-refractivity contribution in [2.75, 3.05) is 0 Å². The van der Waals surface area contributed by atoms with Gasteiger partial charge in [0.1, 0.15) is 6.04 Å². The van der Waals surface area contributed by atoms with E-state index in [9.17, 15) is 9.59 Å². The summed E-state index contributed by atoms with van der Waals surface area (Å²) in [6, 6.07) is 6.52. The van der Waals surface area contributed by atoms with E-state index in [2.05, 4.69) is 21.2 Å². The van der Waals surface area contributed by atoms with Crippen LogP contribution in [0.1, 0.15) is 26.3 Å². The van der Waals surface area contributed by atoms with Crippen LogP contribution < -0.4 is 5.32 Å². The van der Waals surface area contributed by atoms with Crippen LogP contribution in [0.15, 0.2) is 34.8 Å². The Morgan fingerprint density at radius 2 is 1.90 bits per heavy atom. The lowest BCUT2D eigenvalue weighted by atomic mass is 9.87. The summed E-state index contributed by atoms with van der Waals surface area (Å²) in [5.41, 5.74) is 0.299. The van der Waals surface area contributed by atoms with Crippen LogP contribution in [-0.4, -0.2) is 23.0 Å². The Labute approximate surface area is 127 Å². The molecule has 1 rings (SSSR count). The van der Waals surface area contributed by atoms with Crippen molar-refractivity contribution in [2.24, 2.45) is 5.41 Å². The minimum absolute atomic E-state index is 0.428. The van der Waals surface area contributed by atoms with Gasteiger partial charge in [-0.25, -0.2) is 4.79 Å². The van der Waals surface area contributed by atoms with Gasteiger partial charge in [-0.1, -0.05) is 54.9 Å². The monoisotopic (exact) mass is 339 g/mol. The third kappa shape index (κ3) is 4.81. The molecule has 0 saturated carbocycles. The quantitative estimate of drug-likeness (QED) is 0.828. The number of carbonyl (C=O) groups excluding carboxylic acids is 1. The minimum Gasteiger partial charge on any atom is -0.480 e. The molecule has 0 bridgehead atoms. The van der Waals surface area contributed by atoms with Gasteiger partial charge in [0, 0.05) is 10.5 Å². The zero-order valence-corrected chi connectivity index (χ0v) is 13.3. The Hall–Kier alpha value is -1.62. The van der Waals surface area contributed by atoms with Gasteiger partial charge in [-0.15, -0.1) is 0 Å². The highest BCUT2D eigenvalue weighted by Crippen LogP contribution is 2.20. The average Bonchev–Trinajstić information content (AvgIpc) is 2.33. The van der Waals surface area contributed by atoms with Gasteiger partial charge in [-0.05, 0) is 23.1 Å². The van der Waals surface area contributed by atoms with Crippen molar-refractivity contribution in [2.45, 2.75) is 26.8 Å². The number of benzene rings is 1. The van der Waals surface area contributed by atoms with E-state index in [1.165, 1.54) is 6.08 Å². The summed E-state index contributed by atoms with van der Waals surface area (Å²) in [5.74, 6) is -1.47. The molecule has 5 heteroatoms. The first-order chi connectivity index (χ1) is 9.21. The van der Waals surface area contributed by atoms with Crippen molar-refractivity contribution in [1.29, 1.82) is 0 Å². The molecular formula is C15H18BrNO3. The Morgan fingerprint density at radius 1 is 1.30 bits per heavy atom. The van der Waals surface area contributed by atoms with Crippen LogP contribution in [0.25, 0.3) is 6.08 Å². The van der Waals surface area contributed by atoms with Crippen molar-refractivity contribution < 1.29 is 14.7 Å². The number of rotatable bonds is 4. The summed E-state index contributed by atoms with van der Waals surface area (Å²) in [6.07, 6.45) is 2.97. The second-order valence-corrected chi connectivity index (χ2v) is 6.36. The summed E-state index contributed by atoms with van der Waals surface area (Å²) in [7, 11) is 0. The van der Waals surface area contributed by atoms with E-state index in [1.807, 2.05) is 24.3 Å². The van der Waals surface area contributed by atoms with Crippen LogP contribution >= 0.6 is 15.9 Å². The lowest BCUT2D eigenvalue weighted by Gasteiger charge is -2.27.